The molecule has 8 nitrogen and oxygen atoms in total. The zero-order valence-electron chi connectivity index (χ0n) is 12.4. The Morgan fingerprint density at radius 3 is 2.73 bits per heavy atom. The Labute approximate surface area is 128 Å². The van der Waals surface area contributed by atoms with Crippen molar-refractivity contribution in [2.24, 2.45) is 0 Å². The normalized spacial score (nSPS) is 14.4. The van der Waals surface area contributed by atoms with Crippen LogP contribution in [-0.4, -0.2) is 51.8 Å². The number of nitro groups is 1. The Morgan fingerprint density at radius 2 is 2.09 bits per heavy atom. The van der Waals surface area contributed by atoms with Gasteiger partial charge in [-0.05, 0) is 32.9 Å². The van der Waals surface area contributed by atoms with E-state index in [1.165, 1.54) is 23.7 Å². The van der Waals surface area contributed by atoms with Gasteiger partial charge in [-0.2, -0.15) is 5.10 Å². The van der Waals surface area contributed by atoms with Gasteiger partial charge in [0.05, 0.1) is 18.1 Å². The average Bonchev–Trinajstić information content (AvgIpc) is 3.13. The highest BCUT2D eigenvalue weighted by Crippen LogP contribution is 2.17. The summed E-state index contributed by atoms with van der Waals surface area (Å²) in [6.07, 6.45) is 3.61. The van der Waals surface area contributed by atoms with Gasteiger partial charge in [0.1, 0.15) is 12.7 Å². The van der Waals surface area contributed by atoms with Crippen LogP contribution in [0.15, 0.2) is 6.20 Å². The Balaban J connectivity index is 2.01. The predicted octanol–water partition coefficient (Wildman–Crippen LogP) is 1.07. The van der Waals surface area contributed by atoms with Crippen LogP contribution in [0.25, 0.3) is 0 Å². The first-order valence-electron chi connectivity index (χ1n) is 7.19. The molecule has 0 aliphatic carbocycles. The first kappa shape index (κ1) is 16.0. The largest absolute Gasteiger partial charge is 0.461 e. The number of hydrogen-bond acceptors (Lipinski definition) is 6. The van der Waals surface area contributed by atoms with Gasteiger partial charge < -0.3 is 4.74 Å². The van der Waals surface area contributed by atoms with E-state index in [0.717, 1.165) is 13.1 Å². The van der Waals surface area contributed by atoms with Gasteiger partial charge in [-0.25, -0.2) is 4.79 Å². The van der Waals surface area contributed by atoms with Crippen LogP contribution >= 0.6 is 0 Å². The SMILES string of the molecule is CCOC(=O)c1nn(CC#CCN2CCCC2)cc1[N+](=O)[O-]. The van der Waals surface area contributed by atoms with Crippen LogP contribution in [0.1, 0.15) is 30.3 Å². The Morgan fingerprint density at radius 1 is 1.41 bits per heavy atom. The predicted molar refractivity (Wildman–Crippen MR) is 78.3 cm³/mol. The molecule has 0 radical (unpaired) electrons. The van der Waals surface area contributed by atoms with Crippen molar-refractivity contribution in [2.45, 2.75) is 26.3 Å². The van der Waals surface area contributed by atoms with Crippen molar-refractivity contribution in [1.29, 1.82) is 0 Å². The van der Waals surface area contributed by atoms with E-state index in [0.29, 0.717) is 6.54 Å². The Kier molecular flexibility index (Phi) is 5.49. The first-order chi connectivity index (χ1) is 10.6. The summed E-state index contributed by atoms with van der Waals surface area (Å²) in [7, 11) is 0. The smallest absolute Gasteiger partial charge is 0.366 e. The molecule has 1 aliphatic heterocycles. The quantitative estimate of drug-likeness (QED) is 0.350. The molecule has 0 bridgehead atoms. The highest BCUT2D eigenvalue weighted by Gasteiger charge is 2.26. The van der Waals surface area contributed by atoms with E-state index in [2.05, 4.69) is 21.8 Å². The molecule has 2 heterocycles. The standard InChI is InChI=1S/C14H18N4O4/c1-2-22-14(19)13-12(18(20)21)11-17(15-13)10-6-5-9-16-7-3-4-8-16/h11H,2-4,7-10H2,1H3. The Hall–Kier alpha value is -2.40. The second kappa shape index (κ2) is 7.56. The van der Waals surface area contributed by atoms with Gasteiger partial charge in [0.15, 0.2) is 0 Å². The molecule has 8 heteroatoms. The van der Waals surface area contributed by atoms with Crippen LogP contribution in [0, 0.1) is 22.0 Å². The van der Waals surface area contributed by atoms with Crippen LogP contribution in [0.2, 0.25) is 0 Å². The van der Waals surface area contributed by atoms with Gasteiger partial charge in [0.2, 0.25) is 5.69 Å². The summed E-state index contributed by atoms with van der Waals surface area (Å²) in [5.74, 6) is 5.14. The fourth-order valence-electron chi connectivity index (χ4n) is 2.22. The van der Waals surface area contributed by atoms with Crippen molar-refractivity contribution in [2.75, 3.05) is 26.2 Å². The van der Waals surface area contributed by atoms with Crippen LogP contribution in [-0.2, 0) is 11.3 Å². The number of ether oxygens (including phenoxy) is 1. The van der Waals surface area contributed by atoms with Crippen molar-refractivity contribution in [3.8, 4) is 11.8 Å². The van der Waals surface area contributed by atoms with Gasteiger partial charge >= 0.3 is 11.7 Å². The van der Waals surface area contributed by atoms with Gasteiger partial charge in [0, 0.05) is 0 Å². The summed E-state index contributed by atoms with van der Waals surface area (Å²) in [5.41, 5.74) is -0.645. The number of carbonyl (C=O) groups excluding carboxylic acids is 1. The number of hydrogen-bond donors (Lipinski definition) is 0. The fourth-order valence-corrected chi connectivity index (χ4v) is 2.22. The molecule has 22 heavy (non-hydrogen) atoms. The van der Waals surface area contributed by atoms with Crippen molar-refractivity contribution in [1.82, 2.24) is 14.7 Å². The average molecular weight is 306 g/mol. The van der Waals surface area contributed by atoms with Gasteiger partial charge in [0.25, 0.3) is 0 Å². The minimum absolute atomic E-state index is 0.137. The summed E-state index contributed by atoms with van der Waals surface area (Å²) in [4.78, 5) is 24.2. The van der Waals surface area contributed by atoms with E-state index in [1.54, 1.807) is 6.92 Å². The number of nitrogens with zero attached hydrogens (tertiary/aromatic N) is 4. The third-order valence-corrected chi connectivity index (χ3v) is 3.28. The molecule has 0 amide bonds. The van der Waals surface area contributed by atoms with Crippen molar-refractivity contribution < 1.29 is 14.5 Å². The van der Waals surface area contributed by atoms with E-state index in [9.17, 15) is 14.9 Å². The maximum Gasteiger partial charge on any atom is 0.366 e. The monoisotopic (exact) mass is 306 g/mol. The molecular formula is C14H18N4O4. The summed E-state index contributed by atoms with van der Waals surface area (Å²) in [6.45, 7) is 4.79. The van der Waals surface area contributed by atoms with E-state index >= 15 is 0 Å². The molecule has 0 spiro atoms. The molecule has 0 aromatic carbocycles. The van der Waals surface area contributed by atoms with Crippen LogP contribution in [0.5, 0.6) is 0 Å². The summed E-state index contributed by atoms with van der Waals surface area (Å²) < 4.78 is 6.06. The number of rotatable bonds is 5. The lowest BCUT2D eigenvalue weighted by atomic mass is 10.4. The molecule has 0 unspecified atom stereocenters. The molecule has 1 saturated heterocycles. The second-order valence-corrected chi connectivity index (χ2v) is 4.87. The highest BCUT2D eigenvalue weighted by molar-refractivity contribution is 5.91. The van der Waals surface area contributed by atoms with Gasteiger partial charge in [-0.15, -0.1) is 0 Å². The molecule has 1 aromatic heterocycles. The van der Waals surface area contributed by atoms with Crippen LogP contribution in [0.3, 0.4) is 0 Å². The zero-order valence-corrected chi connectivity index (χ0v) is 12.4. The van der Waals surface area contributed by atoms with Crippen molar-refractivity contribution >= 4 is 11.7 Å². The summed E-state index contributed by atoms with van der Waals surface area (Å²) in [6, 6.07) is 0. The maximum atomic E-state index is 11.6. The number of aromatic nitrogens is 2. The molecule has 0 atom stereocenters. The molecular weight excluding hydrogens is 288 g/mol. The third-order valence-electron chi connectivity index (χ3n) is 3.28. The fraction of sp³-hybridized carbons (Fsp3) is 0.571. The van der Waals surface area contributed by atoms with E-state index in [4.69, 9.17) is 4.74 Å². The lowest BCUT2D eigenvalue weighted by Gasteiger charge is -2.08. The third kappa shape index (κ3) is 4.05. The Bertz CT molecular complexity index is 608. The van der Waals surface area contributed by atoms with Crippen molar-refractivity contribution in [3.05, 3.63) is 22.0 Å². The van der Waals surface area contributed by atoms with Gasteiger partial charge in [-0.1, -0.05) is 11.8 Å². The minimum Gasteiger partial charge on any atom is -0.461 e. The second-order valence-electron chi connectivity index (χ2n) is 4.87. The molecule has 1 aromatic rings. The summed E-state index contributed by atoms with van der Waals surface area (Å²) in [5, 5.41) is 14.9. The number of carbonyl (C=O) groups is 1. The lowest BCUT2D eigenvalue weighted by molar-refractivity contribution is -0.385. The van der Waals surface area contributed by atoms with Gasteiger partial charge in [-0.3, -0.25) is 19.7 Å². The lowest BCUT2D eigenvalue weighted by Crippen LogP contribution is -2.19. The zero-order chi connectivity index (χ0) is 15.9. The highest BCUT2D eigenvalue weighted by atomic mass is 16.6. The van der Waals surface area contributed by atoms with E-state index < -0.39 is 10.9 Å². The maximum absolute atomic E-state index is 11.6. The molecule has 1 aliphatic rings. The molecule has 0 N–H and O–H groups in total. The number of likely N-dealkylation sites (tertiary alicyclic amines) is 1. The van der Waals surface area contributed by atoms with Crippen molar-refractivity contribution in [3.63, 3.8) is 0 Å². The molecule has 1 fully saturated rings. The van der Waals surface area contributed by atoms with E-state index in [1.807, 2.05) is 0 Å². The van der Waals surface area contributed by atoms with E-state index in [-0.39, 0.29) is 24.5 Å². The minimum atomic E-state index is -0.794. The van der Waals surface area contributed by atoms with Crippen LogP contribution < -0.4 is 0 Å². The van der Waals surface area contributed by atoms with Crippen LogP contribution in [0.4, 0.5) is 5.69 Å². The molecule has 118 valence electrons. The first-order valence-corrected chi connectivity index (χ1v) is 7.19. The number of esters is 1. The molecule has 2 rings (SSSR count). The summed E-state index contributed by atoms with van der Waals surface area (Å²) >= 11 is 0. The molecule has 0 saturated carbocycles. The topological polar surface area (TPSA) is 90.5 Å².